The zero-order chi connectivity index (χ0) is 8.85. The first-order valence-corrected chi connectivity index (χ1v) is 3.31. The topological polar surface area (TPSA) is 69.6 Å². The molecule has 64 valence electrons. The second kappa shape index (κ2) is 5.01. The number of carbonyl (C=O) groups is 1. The van der Waals surface area contributed by atoms with Gasteiger partial charge in [0.15, 0.2) is 5.78 Å². The lowest BCUT2D eigenvalue weighted by Gasteiger charge is -2.11. The summed E-state index contributed by atoms with van der Waals surface area (Å²) in [4.78, 5) is 10.7. The van der Waals surface area contributed by atoms with E-state index in [1.54, 1.807) is 0 Å². The molecule has 0 aliphatic heterocycles. The van der Waals surface area contributed by atoms with Crippen LogP contribution in [0.1, 0.15) is 6.42 Å². The summed E-state index contributed by atoms with van der Waals surface area (Å²) in [6, 6.07) is 0. The van der Waals surface area contributed by atoms with Gasteiger partial charge >= 0.3 is 0 Å². The van der Waals surface area contributed by atoms with E-state index in [9.17, 15) is 4.79 Å². The van der Waals surface area contributed by atoms with Crippen LogP contribution in [0.5, 0.6) is 0 Å². The van der Waals surface area contributed by atoms with Crippen LogP contribution in [0.4, 0.5) is 0 Å². The van der Waals surface area contributed by atoms with E-state index in [-0.39, 0.29) is 6.42 Å². The Morgan fingerprint density at radius 2 is 2.27 bits per heavy atom. The molecule has 0 fully saturated rings. The second-order valence-corrected chi connectivity index (χ2v) is 2.16. The lowest BCUT2D eigenvalue weighted by atomic mass is 10.1. The average Bonchev–Trinajstić information content (AvgIpc) is 2.02. The van der Waals surface area contributed by atoms with Gasteiger partial charge in [-0.3, -0.25) is 10.1 Å². The van der Waals surface area contributed by atoms with Crippen LogP contribution in [0.2, 0.25) is 0 Å². The van der Waals surface area contributed by atoms with Gasteiger partial charge in [0.2, 0.25) is 0 Å². The molecule has 4 heteroatoms. The molecule has 0 radical (unpaired) electrons. The molecular formula is C7H13NO3. The van der Waals surface area contributed by atoms with Crippen molar-refractivity contribution in [3.8, 4) is 0 Å². The van der Waals surface area contributed by atoms with E-state index in [0.717, 1.165) is 6.08 Å². The zero-order valence-corrected chi connectivity index (χ0v) is 6.45. The predicted octanol–water partition coefficient (Wildman–Crippen LogP) is -0.970. The van der Waals surface area contributed by atoms with Gasteiger partial charge in [0.05, 0.1) is 0 Å². The first-order chi connectivity index (χ1) is 5.11. The van der Waals surface area contributed by atoms with Gasteiger partial charge in [-0.1, -0.05) is 6.58 Å². The van der Waals surface area contributed by atoms with Crippen molar-refractivity contribution in [3.05, 3.63) is 12.7 Å². The second-order valence-electron chi connectivity index (χ2n) is 2.16. The SMILES string of the molecule is C=CC(=O)C(O)CC(O)NC. The molecule has 0 spiro atoms. The quantitative estimate of drug-likeness (QED) is 0.356. The molecule has 2 unspecified atom stereocenters. The highest BCUT2D eigenvalue weighted by molar-refractivity contribution is 5.92. The van der Waals surface area contributed by atoms with Crippen LogP contribution >= 0.6 is 0 Å². The maximum absolute atomic E-state index is 10.7. The molecule has 0 saturated carbocycles. The van der Waals surface area contributed by atoms with Crippen molar-refractivity contribution in [2.45, 2.75) is 18.8 Å². The number of nitrogens with one attached hydrogen (secondary N) is 1. The van der Waals surface area contributed by atoms with Crippen molar-refractivity contribution >= 4 is 5.78 Å². The molecule has 4 nitrogen and oxygen atoms in total. The number of hydrogen-bond acceptors (Lipinski definition) is 4. The molecule has 0 aliphatic rings. The number of carbonyl (C=O) groups excluding carboxylic acids is 1. The Bertz CT molecular complexity index is 147. The van der Waals surface area contributed by atoms with Crippen LogP contribution in [-0.4, -0.2) is 35.4 Å². The van der Waals surface area contributed by atoms with Gasteiger partial charge in [-0.2, -0.15) is 0 Å². The summed E-state index contributed by atoms with van der Waals surface area (Å²) in [5.74, 6) is -0.473. The highest BCUT2D eigenvalue weighted by atomic mass is 16.3. The molecule has 0 bridgehead atoms. The lowest BCUT2D eigenvalue weighted by Crippen LogP contribution is -2.32. The van der Waals surface area contributed by atoms with Gasteiger partial charge in [0.1, 0.15) is 12.3 Å². The van der Waals surface area contributed by atoms with E-state index in [1.165, 1.54) is 7.05 Å². The van der Waals surface area contributed by atoms with Crippen molar-refractivity contribution in [2.24, 2.45) is 0 Å². The summed E-state index contributed by atoms with van der Waals surface area (Å²) < 4.78 is 0. The molecule has 0 amide bonds. The number of hydrogen-bond donors (Lipinski definition) is 3. The van der Waals surface area contributed by atoms with Crippen LogP contribution in [0.15, 0.2) is 12.7 Å². The minimum absolute atomic E-state index is 0.0125. The van der Waals surface area contributed by atoms with E-state index in [0.29, 0.717) is 0 Å². The highest BCUT2D eigenvalue weighted by Crippen LogP contribution is 1.96. The Kier molecular flexibility index (Phi) is 4.69. The summed E-state index contributed by atoms with van der Waals surface area (Å²) in [6.07, 6.45) is -0.988. The maximum atomic E-state index is 10.7. The van der Waals surface area contributed by atoms with Crippen LogP contribution < -0.4 is 5.32 Å². The molecular weight excluding hydrogens is 146 g/mol. The van der Waals surface area contributed by atoms with Crippen LogP contribution in [0.25, 0.3) is 0 Å². The van der Waals surface area contributed by atoms with Crippen molar-refractivity contribution < 1.29 is 15.0 Å². The molecule has 0 aromatic rings. The minimum atomic E-state index is -1.16. The van der Waals surface area contributed by atoms with Crippen molar-refractivity contribution in [1.82, 2.24) is 5.32 Å². The first kappa shape index (κ1) is 10.3. The molecule has 0 aliphatic carbocycles. The number of ketones is 1. The Morgan fingerprint density at radius 1 is 1.73 bits per heavy atom. The van der Waals surface area contributed by atoms with E-state index < -0.39 is 18.1 Å². The molecule has 2 atom stereocenters. The summed E-state index contributed by atoms with van der Waals surface area (Å²) in [7, 11) is 1.54. The van der Waals surface area contributed by atoms with Crippen LogP contribution in [0, 0.1) is 0 Å². The van der Waals surface area contributed by atoms with Crippen LogP contribution in [-0.2, 0) is 4.79 Å². The molecule has 0 rings (SSSR count). The standard InChI is InChI=1S/C7H13NO3/c1-3-5(9)6(10)4-7(11)8-2/h3,6-8,10-11H,1,4H2,2H3. The Morgan fingerprint density at radius 3 is 2.64 bits per heavy atom. The third kappa shape index (κ3) is 3.87. The number of aliphatic hydroxyl groups is 2. The number of rotatable bonds is 5. The van der Waals surface area contributed by atoms with Gasteiger partial charge in [-0.05, 0) is 13.1 Å². The van der Waals surface area contributed by atoms with E-state index in [1.807, 2.05) is 0 Å². The van der Waals surface area contributed by atoms with E-state index in [2.05, 4.69) is 11.9 Å². The van der Waals surface area contributed by atoms with Crippen LogP contribution in [0.3, 0.4) is 0 Å². The summed E-state index contributed by atoms with van der Waals surface area (Å²) in [5, 5.41) is 20.4. The zero-order valence-electron chi connectivity index (χ0n) is 6.45. The monoisotopic (exact) mass is 159 g/mol. The average molecular weight is 159 g/mol. The smallest absolute Gasteiger partial charge is 0.183 e. The van der Waals surface area contributed by atoms with E-state index >= 15 is 0 Å². The maximum Gasteiger partial charge on any atom is 0.183 e. The Hall–Kier alpha value is -0.710. The number of aliphatic hydroxyl groups excluding tert-OH is 2. The fraction of sp³-hybridized carbons (Fsp3) is 0.571. The Labute approximate surface area is 65.5 Å². The third-order valence-corrected chi connectivity index (χ3v) is 1.31. The molecule has 0 aromatic carbocycles. The Balaban J connectivity index is 3.76. The normalized spacial score (nSPS) is 15.5. The minimum Gasteiger partial charge on any atom is -0.385 e. The van der Waals surface area contributed by atoms with Gasteiger partial charge < -0.3 is 10.2 Å². The van der Waals surface area contributed by atoms with Gasteiger partial charge in [0, 0.05) is 6.42 Å². The van der Waals surface area contributed by atoms with Crippen molar-refractivity contribution in [3.63, 3.8) is 0 Å². The molecule has 0 saturated heterocycles. The van der Waals surface area contributed by atoms with Gasteiger partial charge in [0.25, 0.3) is 0 Å². The summed E-state index contributed by atoms with van der Waals surface area (Å²) >= 11 is 0. The predicted molar refractivity (Wildman–Crippen MR) is 40.9 cm³/mol. The molecule has 11 heavy (non-hydrogen) atoms. The third-order valence-electron chi connectivity index (χ3n) is 1.31. The largest absolute Gasteiger partial charge is 0.385 e. The lowest BCUT2D eigenvalue weighted by molar-refractivity contribution is -0.123. The van der Waals surface area contributed by atoms with Gasteiger partial charge in [-0.25, -0.2) is 0 Å². The summed E-state index contributed by atoms with van der Waals surface area (Å²) in [5.41, 5.74) is 0. The molecule has 0 aromatic heterocycles. The molecule has 3 N–H and O–H groups in total. The molecule has 0 heterocycles. The first-order valence-electron chi connectivity index (χ1n) is 3.31. The van der Waals surface area contributed by atoms with Crippen molar-refractivity contribution in [2.75, 3.05) is 7.05 Å². The summed E-state index contributed by atoms with van der Waals surface area (Å²) in [6.45, 7) is 3.20. The fourth-order valence-electron chi connectivity index (χ4n) is 0.582. The van der Waals surface area contributed by atoms with Crippen molar-refractivity contribution in [1.29, 1.82) is 0 Å². The fourth-order valence-corrected chi connectivity index (χ4v) is 0.582. The van der Waals surface area contributed by atoms with Gasteiger partial charge in [-0.15, -0.1) is 0 Å². The highest BCUT2D eigenvalue weighted by Gasteiger charge is 2.14. The van der Waals surface area contributed by atoms with E-state index in [4.69, 9.17) is 10.2 Å².